The molecule has 1 aliphatic heterocycles. The molecule has 0 unspecified atom stereocenters. The zero-order chi connectivity index (χ0) is 28.2. The lowest BCUT2D eigenvalue weighted by atomic mass is 9.86. The van der Waals surface area contributed by atoms with Crippen molar-refractivity contribution in [2.75, 3.05) is 13.1 Å². The van der Waals surface area contributed by atoms with Gasteiger partial charge in [-0.3, -0.25) is 9.69 Å². The van der Waals surface area contributed by atoms with Crippen LogP contribution in [0.3, 0.4) is 0 Å². The van der Waals surface area contributed by atoms with E-state index < -0.39 is 45.5 Å². The number of sulfonamides is 1. The van der Waals surface area contributed by atoms with E-state index in [2.05, 4.69) is 16.3 Å². The summed E-state index contributed by atoms with van der Waals surface area (Å²) in [5.41, 5.74) is 3.80. The molecule has 1 aliphatic carbocycles. The Hall–Kier alpha value is -2.14. The van der Waals surface area contributed by atoms with Crippen LogP contribution in [-0.2, 0) is 27.8 Å². The number of halogens is 4. The zero-order valence-electron chi connectivity index (χ0n) is 22.0. The number of fused-ring (bicyclic) bond motifs is 1. The number of carbonyl (C=O) groups excluding carboxylic acids is 1. The van der Waals surface area contributed by atoms with Gasteiger partial charge in [-0.2, -0.15) is 17.9 Å². The normalized spacial score (nSPS) is 19.7. The summed E-state index contributed by atoms with van der Waals surface area (Å²) in [6.45, 7) is 4.67. The number of benzene rings is 2. The van der Waals surface area contributed by atoms with Crippen molar-refractivity contribution >= 4 is 27.5 Å². The number of amides is 1. The van der Waals surface area contributed by atoms with Crippen LogP contribution in [0.4, 0.5) is 13.2 Å². The Bertz CT molecular complexity index is 1280. The van der Waals surface area contributed by atoms with Crippen LogP contribution < -0.4 is 10.0 Å². The average Bonchev–Trinajstić information content (AvgIpc) is 3.13. The number of nitrogens with zero attached hydrogens (tertiary/aromatic N) is 1. The molecule has 39 heavy (non-hydrogen) atoms. The summed E-state index contributed by atoms with van der Waals surface area (Å²) in [7, 11) is -4.57. The molecule has 11 heteroatoms. The highest BCUT2D eigenvalue weighted by atomic mass is 35.5. The number of likely N-dealkylation sites (tertiary alicyclic amines) is 1. The number of alkyl halides is 3. The van der Waals surface area contributed by atoms with Crippen molar-refractivity contribution in [2.45, 2.75) is 88.0 Å². The molecule has 0 spiro atoms. The van der Waals surface area contributed by atoms with Gasteiger partial charge in [-0.25, -0.2) is 8.42 Å². The molecule has 2 atom stereocenters. The van der Waals surface area contributed by atoms with E-state index in [-0.39, 0.29) is 5.02 Å². The fourth-order valence-electron chi connectivity index (χ4n) is 5.33. The minimum atomic E-state index is -4.97. The standard InChI is InChI=1S/C28H35ClF3N3O3S/c1-19-9-11-22(16-24(19)29)39(37,38)34-26(28(30,31)32)17-27(36)33-25-8-6-7-21-15-20(10-12-23(21)25)18-35-13-4-2-3-5-14-35/h9-12,15-16,25-26,34H,2-8,13-14,17-18H2,1H3,(H,33,36)/t25-,26+/m1/s1. The first kappa shape index (κ1) is 29.8. The molecule has 0 saturated carbocycles. The maximum absolute atomic E-state index is 13.8. The fourth-order valence-corrected chi connectivity index (χ4v) is 6.82. The van der Waals surface area contributed by atoms with Gasteiger partial charge in [0.05, 0.1) is 17.4 Å². The molecule has 1 amide bonds. The van der Waals surface area contributed by atoms with Crippen molar-refractivity contribution in [2.24, 2.45) is 0 Å². The predicted molar refractivity (Wildman–Crippen MR) is 145 cm³/mol. The van der Waals surface area contributed by atoms with Crippen molar-refractivity contribution in [3.05, 3.63) is 63.7 Å². The molecule has 4 rings (SSSR count). The highest BCUT2D eigenvalue weighted by Crippen LogP contribution is 2.32. The number of rotatable bonds is 8. The van der Waals surface area contributed by atoms with E-state index in [1.807, 2.05) is 12.1 Å². The summed E-state index contributed by atoms with van der Waals surface area (Å²) in [4.78, 5) is 14.8. The molecule has 2 aromatic carbocycles. The Kier molecular flexibility index (Phi) is 9.62. The van der Waals surface area contributed by atoms with Gasteiger partial charge in [0.1, 0.15) is 6.04 Å². The lowest BCUT2D eigenvalue weighted by Crippen LogP contribution is -2.48. The van der Waals surface area contributed by atoms with Gasteiger partial charge in [0.25, 0.3) is 0 Å². The second-order valence-corrected chi connectivity index (χ2v) is 12.7. The molecule has 214 valence electrons. The van der Waals surface area contributed by atoms with Crippen molar-refractivity contribution in [3.8, 4) is 0 Å². The molecule has 1 heterocycles. The van der Waals surface area contributed by atoms with Gasteiger partial charge in [-0.1, -0.05) is 48.7 Å². The second kappa shape index (κ2) is 12.6. The number of aryl methyl sites for hydroxylation is 2. The fraction of sp³-hybridized carbons (Fsp3) is 0.536. The van der Waals surface area contributed by atoms with Crippen LogP contribution in [0.1, 0.15) is 73.2 Å². The third-order valence-corrected chi connectivity index (χ3v) is 9.37. The highest BCUT2D eigenvalue weighted by Gasteiger charge is 2.44. The molecule has 1 fully saturated rings. The van der Waals surface area contributed by atoms with Crippen molar-refractivity contribution in [3.63, 3.8) is 0 Å². The van der Waals surface area contributed by atoms with E-state index >= 15 is 0 Å². The molecule has 0 aromatic heterocycles. The lowest BCUT2D eigenvalue weighted by Gasteiger charge is -2.29. The topological polar surface area (TPSA) is 78.5 Å². The van der Waals surface area contributed by atoms with E-state index in [1.165, 1.54) is 43.4 Å². The Morgan fingerprint density at radius 2 is 1.79 bits per heavy atom. The number of nitrogens with one attached hydrogen (secondary N) is 2. The van der Waals surface area contributed by atoms with E-state index in [1.54, 1.807) is 11.6 Å². The maximum atomic E-state index is 13.8. The van der Waals surface area contributed by atoms with E-state index in [0.717, 1.165) is 49.7 Å². The minimum Gasteiger partial charge on any atom is -0.349 e. The summed E-state index contributed by atoms with van der Waals surface area (Å²) < 4.78 is 68.4. The largest absolute Gasteiger partial charge is 0.405 e. The highest BCUT2D eigenvalue weighted by molar-refractivity contribution is 7.89. The van der Waals surface area contributed by atoms with E-state index in [0.29, 0.717) is 12.0 Å². The monoisotopic (exact) mass is 585 g/mol. The van der Waals surface area contributed by atoms with Crippen LogP contribution in [0.15, 0.2) is 41.3 Å². The summed E-state index contributed by atoms with van der Waals surface area (Å²) in [6.07, 6.45) is 1.15. The molecule has 6 nitrogen and oxygen atoms in total. The van der Waals surface area contributed by atoms with Crippen molar-refractivity contribution < 1.29 is 26.4 Å². The molecule has 0 radical (unpaired) electrons. The summed E-state index contributed by atoms with van der Waals surface area (Å²) >= 11 is 5.96. The first-order chi connectivity index (χ1) is 18.4. The maximum Gasteiger partial charge on any atom is 0.405 e. The quantitative estimate of drug-likeness (QED) is 0.409. The van der Waals surface area contributed by atoms with Crippen LogP contribution in [0.2, 0.25) is 5.02 Å². The van der Waals surface area contributed by atoms with Gasteiger partial charge >= 0.3 is 6.18 Å². The SMILES string of the molecule is Cc1ccc(S(=O)(=O)N[C@@H](CC(=O)N[C@@H]2CCCc3cc(CN4CCCCCC4)ccc32)C(F)(F)F)cc1Cl. The summed E-state index contributed by atoms with van der Waals surface area (Å²) in [6, 6.07) is 6.83. The van der Waals surface area contributed by atoms with Gasteiger partial charge in [-0.15, -0.1) is 0 Å². The van der Waals surface area contributed by atoms with Crippen molar-refractivity contribution in [1.82, 2.24) is 14.9 Å². The smallest absolute Gasteiger partial charge is 0.349 e. The molecule has 2 aliphatic rings. The molecule has 2 N–H and O–H groups in total. The van der Waals surface area contributed by atoms with Crippen molar-refractivity contribution in [1.29, 1.82) is 0 Å². The van der Waals surface area contributed by atoms with E-state index in [4.69, 9.17) is 11.6 Å². The number of carbonyl (C=O) groups is 1. The third kappa shape index (κ3) is 7.96. The van der Waals surface area contributed by atoms with Crippen LogP contribution >= 0.6 is 11.6 Å². The number of hydrogen-bond donors (Lipinski definition) is 2. The molecular formula is C28H35ClF3N3O3S. The predicted octanol–water partition coefficient (Wildman–Crippen LogP) is 5.82. The van der Waals surface area contributed by atoms with Gasteiger partial charge < -0.3 is 5.32 Å². The molecule has 0 bridgehead atoms. The average molecular weight is 586 g/mol. The van der Waals surface area contributed by atoms with Crippen LogP contribution in [0, 0.1) is 6.92 Å². The lowest BCUT2D eigenvalue weighted by molar-refractivity contribution is -0.158. The second-order valence-electron chi connectivity index (χ2n) is 10.6. The van der Waals surface area contributed by atoms with Crippen LogP contribution in [-0.4, -0.2) is 44.5 Å². The van der Waals surface area contributed by atoms with E-state index in [9.17, 15) is 26.4 Å². The minimum absolute atomic E-state index is 0.115. The molecular weight excluding hydrogens is 551 g/mol. The Labute approximate surface area is 233 Å². The van der Waals surface area contributed by atoms with Gasteiger partial charge in [0.2, 0.25) is 15.9 Å². The first-order valence-electron chi connectivity index (χ1n) is 13.4. The van der Waals surface area contributed by atoms with Crippen LogP contribution in [0.5, 0.6) is 0 Å². The first-order valence-corrected chi connectivity index (χ1v) is 15.3. The Morgan fingerprint density at radius 3 is 2.46 bits per heavy atom. The summed E-state index contributed by atoms with van der Waals surface area (Å²) in [5, 5.41) is 2.84. The van der Waals surface area contributed by atoms with Crippen LogP contribution in [0.25, 0.3) is 0 Å². The zero-order valence-corrected chi connectivity index (χ0v) is 23.6. The third-order valence-electron chi connectivity index (χ3n) is 7.50. The molecule has 2 aromatic rings. The molecule has 1 saturated heterocycles. The Morgan fingerprint density at radius 1 is 1.08 bits per heavy atom. The van der Waals surface area contributed by atoms with Gasteiger partial charge in [-0.05, 0) is 86.5 Å². The summed E-state index contributed by atoms with van der Waals surface area (Å²) in [5.74, 6) is -0.867. The van der Waals surface area contributed by atoms with Gasteiger partial charge in [0, 0.05) is 11.6 Å². The number of hydrogen-bond acceptors (Lipinski definition) is 4. The Balaban J connectivity index is 1.43. The van der Waals surface area contributed by atoms with Gasteiger partial charge in [0.15, 0.2) is 0 Å².